The number of hydrogen-bond donors (Lipinski definition) is 1. The first-order chi connectivity index (χ1) is 8.07. The van der Waals surface area contributed by atoms with Crippen LogP contribution in [0.15, 0.2) is 18.2 Å². The van der Waals surface area contributed by atoms with Crippen LogP contribution in [0.4, 0.5) is 0 Å². The molecule has 1 atom stereocenters. The molecule has 0 aromatic heterocycles. The maximum absolute atomic E-state index is 6.24. The molecule has 1 fully saturated rings. The van der Waals surface area contributed by atoms with Crippen molar-refractivity contribution < 1.29 is 0 Å². The maximum Gasteiger partial charge on any atom is 0.0453 e. The Kier molecular flexibility index (Phi) is 4.02. The lowest BCUT2D eigenvalue weighted by atomic mass is 9.90. The fraction of sp³-hybridized carbons (Fsp3) is 0.571. The van der Waals surface area contributed by atoms with Crippen molar-refractivity contribution in [2.75, 3.05) is 6.54 Å². The van der Waals surface area contributed by atoms with Crippen molar-refractivity contribution >= 4 is 23.2 Å². The van der Waals surface area contributed by atoms with Gasteiger partial charge in [0, 0.05) is 16.1 Å². The highest BCUT2D eigenvalue weighted by Gasteiger charge is 2.46. The summed E-state index contributed by atoms with van der Waals surface area (Å²) in [5.74, 6) is 0. The summed E-state index contributed by atoms with van der Waals surface area (Å²) >= 11 is 12.2. The second-order valence-corrected chi connectivity index (χ2v) is 5.90. The average molecular weight is 272 g/mol. The number of nitrogens with one attached hydrogen (secondary N) is 1. The highest BCUT2D eigenvalue weighted by Crippen LogP contribution is 2.51. The van der Waals surface area contributed by atoms with Crippen LogP contribution in [-0.2, 0) is 6.42 Å². The SMILES string of the molecule is CCNC(C)C1(Cc2ccc(Cl)cc2Cl)CC1. The molecular formula is C14H19Cl2N. The predicted molar refractivity (Wildman–Crippen MR) is 75.0 cm³/mol. The molecule has 0 heterocycles. The molecular weight excluding hydrogens is 253 g/mol. The van der Waals surface area contributed by atoms with E-state index < -0.39 is 0 Å². The molecule has 3 heteroatoms. The zero-order valence-corrected chi connectivity index (χ0v) is 11.9. The minimum absolute atomic E-state index is 0.410. The summed E-state index contributed by atoms with van der Waals surface area (Å²) in [7, 11) is 0. The van der Waals surface area contributed by atoms with Crippen LogP contribution in [0.5, 0.6) is 0 Å². The second kappa shape index (κ2) is 5.17. The Labute approximate surface area is 114 Å². The Hall–Kier alpha value is -0.240. The molecule has 1 nitrogen and oxygen atoms in total. The Morgan fingerprint density at radius 3 is 2.59 bits per heavy atom. The van der Waals surface area contributed by atoms with Gasteiger partial charge >= 0.3 is 0 Å². The van der Waals surface area contributed by atoms with Crippen LogP contribution in [0.25, 0.3) is 0 Å². The molecule has 0 saturated heterocycles. The number of halogens is 2. The molecule has 0 amide bonds. The van der Waals surface area contributed by atoms with Gasteiger partial charge in [0.05, 0.1) is 0 Å². The highest BCUT2D eigenvalue weighted by molar-refractivity contribution is 6.35. The molecule has 94 valence electrons. The summed E-state index contributed by atoms with van der Waals surface area (Å²) in [5, 5.41) is 5.04. The summed E-state index contributed by atoms with van der Waals surface area (Å²) in [5.41, 5.74) is 1.63. The minimum Gasteiger partial charge on any atom is -0.314 e. The van der Waals surface area contributed by atoms with Gasteiger partial charge in [0.15, 0.2) is 0 Å². The molecule has 17 heavy (non-hydrogen) atoms. The fourth-order valence-electron chi connectivity index (χ4n) is 2.49. The van der Waals surface area contributed by atoms with Gasteiger partial charge in [-0.3, -0.25) is 0 Å². The van der Waals surface area contributed by atoms with E-state index in [9.17, 15) is 0 Å². The van der Waals surface area contributed by atoms with Gasteiger partial charge in [0.2, 0.25) is 0 Å². The molecule has 1 N–H and O–H groups in total. The summed E-state index contributed by atoms with van der Waals surface area (Å²) in [4.78, 5) is 0. The number of rotatable bonds is 5. The van der Waals surface area contributed by atoms with E-state index in [-0.39, 0.29) is 0 Å². The molecule has 1 aliphatic carbocycles. The van der Waals surface area contributed by atoms with E-state index in [1.54, 1.807) is 0 Å². The first-order valence-electron chi connectivity index (χ1n) is 6.25. The van der Waals surface area contributed by atoms with Crippen molar-refractivity contribution in [1.29, 1.82) is 0 Å². The van der Waals surface area contributed by atoms with E-state index in [0.717, 1.165) is 18.0 Å². The summed E-state index contributed by atoms with van der Waals surface area (Å²) in [6, 6.07) is 6.38. The third-order valence-corrected chi connectivity index (χ3v) is 4.47. The van der Waals surface area contributed by atoms with Gasteiger partial charge in [0.1, 0.15) is 0 Å². The first kappa shape index (κ1) is 13.2. The molecule has 0 radical (unpaired) electrons. The average Bonchev–Trinajstić information content (AvgIpc) is 3.04. The predicted octanol–water partition coefficient (Wildman–Crippen LogP) is 4.31. The van der Waals surface area contributed by atoms with E-state index in [4.69, 9.17) is 23.2 Å². The highest BCUT2D eigenvalue weighted by atomic mass is 35.5. The van der Waals surface area contributed by atoms with Gasteiger partial charge < -0.3 is 5.32 Å². The van der Waals surface area contributed by atoms with Crippen LogP contribution in [-0.4, -0.2) is 12.6 Å². The number of hydrogen-bond acceptors (Lipinski definition) is 1. The van der Waals surface area contributed by atoms with Crippen molar-refractivity contribution in [3.63, 3.8) is 0 Å². The van der Waals surface area contributed by atoms with E-state index >= 15 is 0 Å². The summed E-state index contributed by atoms with van der Waals surface area (Å²) < 4.78 is 0. The molecule has 1 aliphatic rings. The van der Waals surface area contributed by atoms with Gasteiger partial charge in [-0.05, 0) is 55.8 Å². The van der Waals surface area contributed by atoms with Crippen LogP contribution < -0.4 is 5.32 Å². The first-order valence-corrected chi connectivity index (χ1v) is 7.00. The van der Waals surface area contributed by atoms with E-state index in [1.165, 1.54) is 18.4 Å². The maximum atomic E-state index is 6.24. The largest absolute Gasteiger partial charge is 0.314 e. The Bertz CT molecular complexity index is 399. The van der Waals surface area contributed by atoms with Gasteiger partial charge in [-0.2, -0.15) is 0 Å². The molecule has 0 spiro atoms. The fourth-order valence-corrected chi connectivity index (χ4v) is 2.97. The molecule has 0 bridgehead atoms. The van der Waals surface area contributed by atoms with Crippen molar-refractivity contribution in [1.82, 2.24) is 5.32 Å². The van der Waals surface area contributed by atoms with E-state index in [0.29, 0.717) is 16.5 Å². The Balaban J connectivity index is 2.10. The van der Waals surface area contributed by atoms with Gasteiger partial charge in [-0.1, -0.05) is 36.2 Å². The van der Waals surface area contributed by atoms with Crippen molar-refractivity contribution in [2.45, 2.75) is 39.2 Å². The van der Waals surface area contributed by atoms with Gasteiger partial charge in [-0.25, -0.2) is 0 Å². The lowest BCUT2D eigenvalue weighted by Crippen LogP contribution is -2.36. The van der Waals surface area contributed by atoms with Crippen LogP contribution in [0.3, 0.4) is 0 Å². The van der Waals surface area contributed by atoms with E-state index in [2.05, 4.69) is 25.2 Å². The molecule has 1 unspecified atom stereocenters. The van der Waals surface area contributed by atoms with E-state index in [1.807, 2.05) is 12.1 Å². The molecule has 0 aliphatic heterocycles. The van der Waals surface area contributed by atoms with Gasteiger partial charge in [-0.15, -0.1) is 0 Å². The molecule has 1 aromatic carbocycles. The van der Waals surface area contributed by atoms with Crippen LogP contribution >= 0.6 is 23.2 Å². The number of benzene rings is 1. The third-order valence-electron chi connectivity index (χ3n) is 3.88. The lowest BCUT2D eigenvalue weighted by molar-refractivity contribution is 0.356. The summed E-state index contributed by atoms with van der Waals surface area (Å²) in [6.07, 6.45) is 3.64. The van der Waals surface area contributed by atoms with Crippen LogP contribution in [0.1, 0.15) is 32.3 Å². The molecule has 1 aromatic rings. The monoisotopic (exact) mass is 271 g/mol. The minimum atomic E-state index is 0.410. The Morgan fingerprint density at radius 2 is 2.06 bits per heavy atom. The zero-order chi connectivity index (χ0) is 12.5. The molecule has 1 saturated carbocycles. The van der Waals surface area contributed by atoms with Gasteiger partial charge in [0.25, 0.3) is 0 Å². The van der Waals surface area contributed by atoms with Crippen molar-refractivity contribution in [2.24, 2.45) is 5.41 Å². The smallest absolute Gasteiger partial charge is 0.0453 e. The topological polar surface area (TPSA) is 12.0 Å². The summed E-state index contributed by atoms with van der Waals surface area (Å²) in [6.45, 7) is 5.46. The quantitative estimate of drug-likeness (QED) is 0.842. The molecule has 2 rings (SSSR count). The van der Waals surface area contributed by atoms with Crippen LogP contribution in [0, 0.1) is 5.41 Å². The van der Waals surface area contributed by atoms with Crippen LogP contribution in [0.2, 0.25) is 10.0 Å². The van der Waals surface area contributed by atoms with Crippen molar-refractivity contribution in [3.05, 3.63) is 33.8 Å². The second-order valence-electron chi connectivity index (χ2n) is 5.05. The standard InChI is InChI=1S/C14H19Cl2N/c1-3-17-10(2)14(6-7-14)9-11-4-5-12(15)8-13(11)16/h4-5,8,10,17H,3,6-7,9H2,1-2H3. The van der Waals surface area contributed by atoms with Crippen molar-refractivity contribution in [3.8, 4) is 0 Å². The Morgan fingerprint density at radius 1 is 1.35 bits per heavy atom. The normalized spacial score (nSPS) is 19.1. The third kappa shape index (κ3) is 2.96. The zero-order valence-electron chi connectivity index (χ0n) is 10.4. The lowest BCUT2D eigenvalue weighted by Gasteiger charge is -2.24.